The third-order valence-corrected chi connectivity index (χ3v) is 15.6. The molecular weight excluding hydrogens is 907 g/mol. The standard InChI is InChI=1S/C72H65N3/c1-52(2)70(50-71(3,4)72(5,6)51-73)63-28-26-57(27-29-63)55-22-24-56(25-23-55)60-34-44-65(45-35-60)74(64-20-14-9-15-21-64)66-46-36-61(37-47-66)62-38-48-69(49-39-62)75(67-40-30-58(31-41-67)53-16-10-7-11-17-53)68-42-32-59(33-43-68)54-18-12-8-13-19-54/h7-49,52,70H,50H2,1-6H3. The van der Waals surface area contributed by atoms with Crippen molar-refractivity contribution >= 4 is 34.1 Å². The highest BCUT2D eigenvalue weighted by atomic mass is 15.1. The first kappa shape index (κ1) is 49.9. The summed E-state index contributed by atoms with van der Waals surface area (Å²) in [6.07, 6.45) is 0.961. The maximum absolute atomic E-state index is 9.91. The van der Waals surface area contributed by atoms with Crippen LogP contribution in [0.5, 0.6) is 0 Å². The maximum atomic E-state index is 9.91. The lowest BCUT2D eigenvalue weighted by atomic mass is 9.62. The minimum atomic E-state index is -0.408. The highest BCUT2D eigenvalue weighted by Crippen LogP contribution is 2.47. The van der Waals surface area contributed by atoms with Gasteiger partial charge in [0.25, 0.3) is 0 Å². The summed E-state index contributed by atoms with van der Waals surface area (Å²) in [6, 6.07) is 96.7. The molecule has 0 spiro atoms. The average molecular weight is 972 g/mol. The number of para-hydroxylation sites is 1. The predicted molar refractivity (Wildman–Crippen MR) is 318 cm³/mol. The molecule has 10 rings (SSSR count). The summed E-state index contributed by atoms with van der Waals surface area (Å²) < 4.78 is 0. The second-order valence-corrected chi connectivity index (χ2v) is 21.3. The normalized spacial score (nSPS) is 12.0. The Balaban J connectivity index is 0.866. The molecule has 0 amide bonds. The van der Waals surface area contributed by atoms with E-state index < -0.39 is 5.41 Å². The van der Waals surface area contributed by atoms with Crippen LogP contribution in [0.25, 0.3) is 55.6 Å². The Labute approximate surface area is 445 Å². The van der Waals surface area contributed by atoms with E-state index in [2.05, 4.69) is 318 Å². The van der Waals surface area contributed by atoms with Crippen LogP contribution in [0.4, 0.5) is 34.1 Å². The third kappa shape index (κ3) is 11.0. The Bertz CT molecular complexity index is 3380. The van der Waals surface area contributed by atoms with Crippen LogP contribution in [-0.4, -0.2) is 0 Å². The number of hydrogen-bond donors (Lipinski definition) is 0. The Morgan fingerprint density at radius 1 is 0.320 bits per heavy atom. The van der Waals surface area contributed by atoms with Crippen LogP contribution < -0.4 is 9.80 Å². The minimum absolute atomic E-state index is 0.119. The lowest BCUT2D eigenvalue weighted by Crippen LogP contribution is -2.33. The van der Waals surface area contributed by atoms with E-state index >= 15 is 0 Å². The Morgan fingerprint density at radius 3 is 0.813 bits per heavy atom. The Morgan fingerprint density at radius 2 is 0.547 bits per heavy atom. The Kier molecular flexibility index (Phi) is 14.5. The molecule has 0 N–H and O–H groups in total. The van der Waals surface area contributed by atoms with Crippen LogP contribution in [0.3, 0.4) is 0 Å². The van der Waals surface area contributed by atoms with Crippen LogP contribution >= 0.6 is 0 Å². The average Bonchev–Trinajstić information content (AvgIpc) is 3.46. The molecule has 0 aliphatic carbocycles. The molecule has 0 radical (unpaired) electrons. The van der Waals surface area contributed by atoms with Crippen LogP contribution in [-0.2, 0) is 0 Å². The van der Waals surface area contributed by atoms with Crippen molar-refractivity contribution in [3.05, 3.63) is 266 Å². The molecule has 0 aromatic heterocycles. The summed E-state index contributed by atoms with van der Waals surface area (Å²) >= 11 is 0. The van der Waals surface area contributed by atoms with Gasteiger partial charge in [0, 0.05) is 34.1 Å². The van der Waals surface area contributed by atoms with Gasteiger partial charge in [-0.25, -0.2) is 0 Å². The van der Waals surface area contributed by atoms with Gasteiger partial charge in [0.1, 0.15) is 0 Å². The first-order chi connectivity index (χ1) is 36.4. The zero-order chi connectivity index (χ0) is 51.9. The SMILES string of the molecule is CC(C)C(CC(C)(C)C(C)(C)C#N)c1ccc(-c2ccc(-c3ccc(N(c4ccccc4)c4ccc(-c5ccc(N(c6ccc(-c7ccccc7)cc6)c6ccc(-c7ccccc7)cc6)cc5)cc4)cc3)cc2)cc1. The molecule has 0 heterocycles. The summed E-state index contributed by atoms with van der Waals surface area (Å²) in [7, 11) is 0. The van der Waals surface area contributed by atoms with Crippen molar-refractivity contribution in [1.82, 2.24) is 0 Å². The van der Waals surface area contributed by atoms with E-state index in [1.807, 2.05) is 0 Å². The maximum Gasteiger partial charge on any atom is 0.0689 e. The van der Waals surface area contributed by atoms with Gasteiger partial charge in [0.05, 0.1) is 11.5 Å². The molecule has 0 aliphatic rings. The van der Waals surface area contributed by atoms with E-state index in [9.17, 15) is 5.26 Å². The summed E-state index contributed by atoms with van der Waals surface area (Å²) in [5.41, 5.74) is 19.2. The number of rotatable bonds is 16. The summed E-state index contributed by atoms with van der Waals surface area (Å²) in [4.78, 5) is 4.66. The van der Waals surface area contributed by atoms with Gasteiger partial charge in [-0.05, 0) is 172 Å². The number of hydrogen-bond acceptors (Lipinski definition) is 3. The van der Waals surface area contributed by atoms with Gasteiger partial charge in [-0.15, -0.1) is 0 Å². The van der Waals surface area contributed by atoms with Crippen LogP contribution in [0.1, 0.15) is 59.4 Å². The van der Waals surface area contributed by atoms with Gasteiger partial charge in [-0.3, -0.25) is 0 Å². The van der Waals surface area contributed by atoms with Gasteiger partial charge in [-0.2, -0.15) is 5.26 Å². The molecule has 0 saturated carbocycles. The molecule has 0 saturated heterocycles. The lowest BCUT2D eigenvalue weighted by Gasteiger charge is -2.40. The van der Waals surface area contributed by atoms with Crippen molar-refractivity contribution in [1.29, 1.82) is 5.26 Å². The zero-order valence-electron chi connectivity index (χ0n) is 44.0. The summed E-state index contributed by atoms with van der Waals surface area (Å²) in [5, 5.41) is 9.91. The van der Waals surface area contributed by atoms with Crippen molar-refractivity contribution < 1.29 is 0 Å². The monoisotopic (exact) mass is 972 g/mol. The van der Waals surface area contributed by atoms with Gasteiger partial charge in [0.2, 0.25) is 0 Å². The summed E-state index contributed by atoms with van der Waals surface area (Å²) in [5.74, 6) is 0.841. The molecule has 3 nitrogen and oxygen atoms in total. The fraction of sp³-hybridized carbons (Fsp3) is 0.153. The van der Waals surface area contributed by atoms with Gasteiger partial charge < -0.3 is 9.80 Å². The second kappa shape index (κ2) is 21.8. The van der Waals surface area contributed by atoms with Crippen LogP contribution in [0.2, 0.25) is 0 Å². The molecule has 1 atom stereocenters. The smallest absolute Gasteiger partial charge is 0.0689 e. The summed E-state index contributed by atoms with van der Waals surface area (Å²) in [6.45, 7) is 13.2. The quantitative estimate of drug-likeness (QED) is 0.0966. The van der Waals surface area contributed by atoms with E-state index in [0.717, 1.165) is 51.7 Å². The van der Waals surface area contributed by atoms with Gasteiger partial charge in [0.15, 0.2) is 0 Å². The molecule has 1 unspecified atom stereocenters. The molecule has 0 aliphatic heterocycles. The van der Waals surface area contributed by atoms with Crippen LogP contribution in [0.15, 0.2) is 261 Å². The number of nitriles is 1. The third-order valence-electron chi connectivity index (χ3n) is 15.6. The molecular formula is C72H65N3. The van der Waals surface area contributed by atoms with Crippen molar-refractivity contribution in [3.63, 3.8) is 0 Å². The lowest BCUT2D eigenvalue weighted by molar-refractivity contribution is 0.136. The number of nitrogens with zero attached hydrogens (tertiary/aromatic N) is 3. The van der Waals surface area contributed by atoms with E-state index in [0.29, 0.717) is 11.8 Å². The van der Waals surface area contributed by atoms with E-state index in [4.69, 9.17) is 0 Å². The van der Waals surface area contributed by atoms with Crippen molar-refractivity contribution in [2.24, 2.45) is 16.7 Å². The topological polar surface area (TPSA) is 30.3 Å². The highest BCUT2D eigenvalue weighted by Gasteiger charge is 2.39. The molecule has 3 heteroatoms. The van der Waals surface area contributed by atoms with Gasteiger partial charge in [-0.1, -0.05) is 216 Å². The minimum Gasteiger partial charge on any atom is -0.311 e. The molecule has 10 aromatic carbocycles. The van der Waals surface area contributed by atoms with Crippen molar-refractivity contribution in [2.75, 3.05) is 9.80 Å². The predicted octanol–water partition coefficient (Wildman–Crippen LogP) is 20.7. The largest absolute Gasteiger partial charge is 0.311 e. The molecule has 75 heavy (non-hydrogen) atoms. The number of benzene rings is 10. The first-order valence-electron chi connectivity index (χ1n) is 26.3. The molecule has 0 bridgehead atoms. The zero-order valence-corrected chi connectivity index (χ0v) is 44.0. The van der Waals surface area contributed by atoms with Crippen molar-refractivity contribution in [3.8, 4) is 61.7 Å². The fourth-order valence-corrected chi connectivity index (χ4v) is 10.2. The molecule has 368 valence electrons. The Hall–Kier alpha value is -8.71. The van der Waals surface area contributed by atoms with Crippen LogP contribution in [0, 0.1) is 28.1 Å². The molecule has 10 aromatic rings. The number of anilines is 6. The van der Waals surface area contributed by atoms with Gasteiger partial charge >= 0.3 is 0 Å². The van der Waals surface area contributed by atoms with E-state index in [1.165, 1.54) is 50.1 Å². The van der Waals surface area contributed by atoms with Crippen molar-refractivity contribution in [2.45, 2.75) is 53.9 Å². The first-order valence-corrected chi connectivity index (χ1v) is 26.3. The second-order valence-electron chi connectivity index (χ2n) is 21.3. The van der Waals surface area contributed by atoms with E-state index in [1.54, 1.807) is 0 Å². The highest BCUT2D eigenvalue weighted by molar-refractivity contribution is 5.83. The fourth-order valence-electron chi connectivity index (χ4n) is 10.2. The molecule has 0 fully saturated rings. The van der Waals surface area contributed by atoms with E-state index in [-0.39, 0.29) is 5.41 Å².